The number of para-hydroxylation sites is 1. The summed E-state index contributed by atoms with van der Waals surface area (Å²) in [7, 11) is 1.81. The van der Waals surface area contributed by atoms with Gasteiger partial charge < -0.3 is 9.64 Å². The van der Waals surface area contributed by atoms with E-state index in [9.17, 15) is 4.79 Å². The number of likely N-dealkylation sites (tertiary alicyclic amines) is 2. The maximum absolute atomic E-state index is 13.1. The molecule has 0 spiro atoms. The van der Waals surface area contributed by atoms with Gasteiger partial charge in [-0.15, -0.1) is 0 Å². The van der Waals surface area contributed by atoms with Gasteiger partial charge in [-0.05, 0) is 61.9 Å². The Hall–Kier alpha value is -2.12. The third kappa shape index (κ3) is 4.82. The number of nitrogens with zero attached hydrogens (tertiary/aromatic N) is 3. The van der Waals surface area contributed by atoms with Gasteiger partial charge in [-0.1, -0.05) is 47.5 Å². The van der Waals surface area contributed by atoms with Crippen LogP contribution in [0.2, 0.25) is 10.0 Å². The first-order valence-corrected chi connectivity index (χ1v) is 12.7. The molecule has 2 aromatic carbocycles. The molecule has 3 aromatic rings. The van der Waals surface area contributed by atoms with Gasteiger partial charge in [0.1, 0.15) is 0 Å². The summed E-state index contributed by atoms with van der Waals surface area (Å²) in [6, 6.07) is 14.2. The van der Waals surface area contributed by atoms with Crippen LogP contribution in [0.1, 0.15) is 35.3 Å². The Morgan fingerprint density at radius 3 is 2.65 bits per heavy atom. The molecule has 2 saturated heterocycles. The highest BCUT2D eigenvalue weighted by molar-refractivity contribution is 6.42. The first-order chi connectivity index (χ1) is 16.5. The number of carbonyl (C=O) groups excluding carboxylic acids is 1. The number of hydrogen-bond acceptors (Lipinski definition) is 4. The standard InChI is InChI=1S/C26H30Cl2N4O2/c1-34-24-16-32(11-8-18(24)14-17-6-7-21(27)22(28)15-17)19-9-12-31(13-10-19)26(33)25-20-4-2-3-5-23(20)29-30-25/h2-7,15,18-19,24H,8-14,16H2,1H3,(H,29,30)/t18?,24-/m1/s1. The van der Waals surface area contributed by atoms with Crippen LogP contribution in [0, 0.1) is 5.92 Å². The van der Waals surface area contributed by atoms with E-state index in [4.69, 9.17) is 27.9 Å². The van der Waals surface area contributed by atoms with Crippen LogP contribution in [0.25, 0.3) is 10.9 Å². The zero-order valence-electron chi connectivity index (χ0n) is 19.3. The second-order valence-corrected chi connectivity index (χ2v) is 10.2. The summed E-state index contributed by atoms with van der Waals surface area (Å²) in [6.07, 6.45) is 4.15. The van der Waals surface area contributed by atoms with Gasteiger partial charge in [0.25, 0.3) is 5.91 Å². The minimum Gasteiger partial charge on any atom is -0.380 e. The van der Waals surface area contributed by atoms with Crippen molar-refractivity contribution in [2.24, 2.45) is 5.92 Å². The topological polar surface area (TPSA) is 61.5 Å². The van der Waals surface area contributed by atoms with Crippen LogP contribution in [-0.4, -0.2) is 71.3 Å². The van der Waals surface area contributed by atoms with Gasteiger partial charge in [0.05, 0.1) is 21.7 Å². The van der Waals surface area contributed by atoms with E-state index >= 15 is 0 Å². The highest BCUT2D eigenvalue weighted by Gasteiger charge is 2.35. The van der Waals surface area contributed by atoms with Gasteiger partial charge in [-0.2, -0.15) is 5.10 Å². The number of methoxy groups -OCH3 is 1. The van der Waals surface area contributed by atoms with E-state index in [0.717, 1.165) is 62.8 Å². The maximum atomic E-state index is 13.1. The molecule has 1 N–H and O–H groups in total. The van der Waals surface area contributed by atoms with Crippen LogP contribution >= 0.6 is 23.2 Å². The van der Waals surface area contributed by atoms with Crippen molar-refractivity contribution in [3.05, 3.63) is 63.8 Å². The summed E-state index contributed by atoms with van der Waals surface area (Å²) < 4.78 is 5.92. The Kier molecular flexibility index (Phi) is 7.11. The minimum atomic E-state index is 0.0194. The predicted molar refractivity (Wildman–Crippen MR) is 136 cm³/mol. The molecule has 0 bridgehead atoms. The Balaban J connectivity index is 1.17. The highest BCUT2D eigenvalue weighted by atomic mass is 35.5. The molecule has 0 aliphatic carbocycles. The Morgan fingerprint density at radius 2 is 1.88 bits per heavy atom. The number of carbonyl (C=O) groups is 1. The van der Waals surface area contributed by atoms with Gasteiger partial charge in [-0.25, -0.2) is 0 Å². The smallest absolute Gasteiger partial charge is 0.274 e. The maximum Gasteiger partial charge on any atom is 0.274 e. The Morgan fingerprint density at radius 1 is 1.09 bits per heavy atom. The Labute approximate surface area is 210 Å². The zero-order valence-corrected chi connectivity index (χ0v) is 20.9. The van der Waals surface area contributed by atoms with Crippen LogP contribution in [0.4, 0.5) is 0 Å². The summed E-state index contributed by atoms with van der Waals surface area (Å²) >= 11 is 12.3. The van der Waals surface area contributed by atoms with Crippen LogP contribution in [0.5, 0.6) is 0 Å². The second-order valence-electron chi connectivity index (χ2n) is 9.41. The zero-order chi connectivity index (χ0) is 23.7. The number of hydrogen-bond donors (Lipinski definition) is 1. The number of aromatic nitrogens is 2. The van der Waals surface area contributed by atoms with Crippen LogP contribution in [0.3, 0.4) is 0 Å². The van der Waals surface area contributed by atoms with Gasteiger partial charge in [-0.3, -0.25) is 14.8 Å². The number of ether oxygens (including phenoxy) is 1. The van der Waals surface area contributed by atoms with E-state index in [2.05, 4.69) is 21.2 Å². The SMILES string of the molecule is CO[C@@H]1CN(C2CCN(C(=O)c3n[nH]c4ccccc34)CC2)CCC1Cc1ccc(Cl)c(Cl)c1. The lowest BCUT2D eigenvalue weighted by atomic mass is 9.86. The molecular weight excluding hydrogens is 471 g/mol. The van der Waals surface area contributed by atoms with E-state index in [0.29, 0.717) is 27.7 Å². The molecule has 34 heavy (non-hydrogen) atoms. The molecule has 8 heteroatoms. The third-order valence-electron chi connectivity index (χ3n) is 7.45. The largest absolute Gasteiger partial charge is 0.380 e. The highest BCUT2D eigenvalue weighted by Crippen LogP contribution is 2.30. The molecular formula is C26H30Cl2N4O2. The molecule has 1 aromatic heterocycles. The summed E-state index contributed by atoms with van der Waals surface area (Å²) in [5.41, 5.74) is 2.62. The number of halogens is 2. The van der Waals surface area contributed by atoms with Crippen LogP contribution in [0.15, 0.2) is 42.5 Å². The number of nitrogens with one attached hydrogen (secondary N) is 1. The number of benzene rings is 2. The van der Waals surface area contributed by atoms with Gasteiger partial charge >= 0.3 is 0 Å². The molecule has 3 heterocycles. The van der Waals surface area contributed by atoms with Crippen LogP contribution in [-0.2, 0) is 11.2 Å². The molecule has 0 saturated carbocycles. The van der Waals surface area contributed by atoms with E-state index in [1.54, 1.807) is 0 Å². The summed E-state index contributed by atoms with van der Waals surface area (Å²) in [5.74, 6) is 0.471. The van der Waals surface area contributed by atoms with Crippen molar-refractivity contribution in [1.29, 1.82) is 0 Å². The molecule has 2 aliphatic rings. The van der Waals surface area contributed by atoms with Crippen molar-refractivity contribution in [2.75, 3.05) is 33.3 Å². The summed E-state index contributed by atoms with van der Waals surface area (Å²) in [5, 5.41) is 9.36. The Bertz CT molecular complexity index is 1160. The molecule has 2 atom stereocenters. The van der Waals surface area contributed by atoms with E-state index in [-0.39, 0.29) is 12.0 Å². The number of piperidine rings is 2. The first-order valence-electron chi connectivity index (χ1n) is 12.0. The number of H-pyrrole nitrogens is 1. The van der Waals surface area contributed by atoms with Crippen molar-refractivity contribution >= 4 is 40.0 Å². The summed E-state index contributed by atoms with van der Waals surface area (Å²) in [4.78, 5) is 17.6. The summed E-state index contributed by atoms with van der Waals surface area (Å²) in [6.45, 7) is 3.48. The van der Waals surface area contributed by atoms with Gasteiger partial charge in [0.15, 0.2) is 5.69 Å². The van der Waals surface area contributed by atoms with Crippen LogP contribution < -0.4 is 0 Å². The molecule has 0 radical (unpaired) electrons. The first kappa shape index (κ1) is 23.6. The average Bonchev–Trinajstić information content (AvgIpc) is 3.30. The average molecular weight is 501 g/mol. The predicted octanol–water partition coefficient (Wildman–Crippen LogP) is 5.05. The monoisotopic (exact) mass is 500 g/mol. The fraction of sp³-hybridized carbons (Fsp3) is 0.462. The van der Waals surface area contributed by atoms with Crippen molar-refractivity contribution in [2.45, 2.75) is 37.8 Å². The van der Waals surface area contributed by atoms with E-state index < -0.39 is 0 Å². The molecule has 6 nitrogen and oxygen atoms in total. The lowest BCUT2D eigenvalue weighted by Gasteiger charge is -2.44. The van der Waals surface area contributed by atoms with Crippen molar-refractivity contribution in [1.82, 2.24) is 20.0 Å². The molecule has 1 amide bonds. The van der Waals surface area contributed by atoms with Crippen molar-refractivity contribution < 1.29 is 9.53 Å². The third-order valence-corrected chi connectivity index (χ3v) is 8.19. The van der Waals surface area contributed by atoms with E-state index in [1.165, 1.54) is 5.56 Å². The van der Waals surface area contributed by atoms with Gasteiger partial charge in [0, 0.05) is 38.2 Å². The normalized spacial score (nSPS) is 22.4. The second kappa shape index (κ2) is 10.2. The number of fused-ring (bicyclic) bond motifs is 1. The van der Waals surface area contributed by atoms with Crippen molar-refractivity contribution in [3.8, 4) is 0 Å². The molecule has 1 unspecified atom stereocenters. The quantitative estimate of drug-likeness (QED) is 0.532. The van der Waals surface area contributed by atoms with Gasteiger partial charge in [0.2, 0.25) is 0 Å². The fourth-order valence-corrected chi connectivity index (χ4v) is 5.82. The van der Waals surface area contributed by atoms with E-state index in [1.807, 2.05) is 48.4 Å². The molecule has 5 rings (SSSR count). The molecule has 180 valence electrons. The number of rotatable bonds is 5. The fourth-order valence-electron chi connectivity index (χ4n) is 5.50. The number of amides is 1. The van der Waals surface area contributed by atoms with Crippen molar-refractivity contribution in [3.63, 3.8) is 0 Å². The molecule has 2 aliphatic heterocycles. The lowest BCUT2D eigenvalue weighted by molar-refractivity contribution is -0.0325. The minimum absolute atomic E-state index is 0.0194. The molecule has 2 fully saturated rings. The lowest BCUT2D eigenvalue weighted by Crippen LogP contribution is -2.53. The number of aromatic amines is 1.